The van der Waals surface area contributed by atoms with Gasteiger partial charge in [0.2, 0.25) is 0 Å². The quantitative estimate of drug-likeness (QED) is 0.426. The van der Waals surface area contributed by atoms with Crippen LogP contribution in [0, 0.1) is 0 Å². The van der Waals surface area contributed by atoms with Crippen molar-refractivity contribution in [1.82, 2.24) is 5.32 Å². The summed E-state index contributed by atoms with van der Waals surface area (Å²) in [6.45, 7) is 20.7. The number of alkyl carbamates (subject to hydrolysis) is 1. The first-order valence-corrected chi connectivity index (χ1v) is 9.82. The minimum Gasteiger partial charge on any atom is -0.417 e. The summed E-state index contributed by atoms with van der Waals surface area (Å²) in [6.07, 6.45) is 0.978. The molecule has 0 radical (unpaired) electrons. The normalized spacial score (nSPS) is 11.9. The van der Waals surface area contributed by atoms with E-state index in [1.54, 1.807) is 6.92 Å². The number of ether oxygens (including phenoxy) is 1. The van der Waals surface area contributed by atoms with Crippen LogP contribution >= 0.6 is 0 Å². The van der Waals surface area contributed by atoms with Crippen LogP contribution in [0.5, 0.6) is 0 Å². The maximum atomic E-state index is 11.3. The van der Waals surface area contributed by atoms with Crippen LogP contribution in [-0.4, -0.2) is 21.0 Å². The van der Waals surface area contributed by atoms with E-state index in [-0.39, 0.29) is 5.04 Å². The van der Waals surface area contributed by atoms with Crippen molar-refractivity contribution < 1.29 is 14.0 Å². The molecule has 0 aliphatic heterocycles. The van der Waals surface area contributed by atoms with Gasteiger partial charge in [-0.15, -0.1) is 0 Å². The number of amides is 1. The molecule has 1 N–H and O–H groups in total. The third kappa shape index (κ3) is 7.50. The molecule has 0 heterocycles. The number of rotatable bonds is 7. The number of nitrogens with one attached hydrogen (secondary N) is 1. The summed E-state index contributed by atoms with van der Waals surface area (Å²) >= 11 is 0. The fourth-order valence-corrected chi connectivity index (χ4v) is 2.31. The topological polar surface area (TPSA) is 47.6 Å². The number of allylic oxidation sites excluding steroid dienone is 2. The highest BCUT2D eigenvalue weighted by Crippen LogP contribution is 2.36. The summed E-state index contributed by atoms with van der Waals surface area (Å²) in [5.74, 6) is 0.358. The molecule has 0 atom stereocenters. The van der Waals surface area contributed by atoms with Gasteiger partial charge in [-0.25, -0.2) is 4.79 Å². The molecule has 0 bridgehead atoms. The first-order chi connectivity index (χ1) is 8.95. The van der Waals surface area contributed by atoms with Crippen LogP contribution in [0.25, 0.3) is 0 Å². The lowest BCUT2D eigenvalue weighted by molar-refractivity contribution is 0.179. The summed E-state index contributed by atoms with van der Waals surface area (Å²) in [6, 6.07) is 0. The molecule has 0 fully saturated rings. The molecular weight excluding hydrogens is 270 g/mol. The Morgan fingerprint density at radius 1 is 1.25 bits per heavy atom. The molecule has 0 spiro atoms. The molecule has 1 amide bonds. The lowest BCUT2D eigenvalue weighted by atomic mass is 10.2. The van der Waals surface area contributed by atoms with E-state index in [2.05, 4.69) is 52.3 Å². The number of hydrogen-bond donors (Lipinski definition) is 1. The maximum Gasteiger partial charge on any atom is 0.416 e. The highest BCUT2D eigenvalue weighted by atomic mass is 28.4. The van der Waals surface area contributed by atoms with Gasteiger partial charge in [-0.2, -0.15) is 0 Å². The fraction of sp³-hybridized carbons (Fsp3) is 0.667. The van der Waals surface area contributed by atoms with Gasteiger partial charge in [-0.1, -0.05) is 33.9 Å². The summed E-state index contributed by atoms with van der Waals surface area (Å²) in [5, 5.41) is 2.79. The van der Waals surface area contributed by atoms with E-state index in [0.717, 1.165) is 6.42 Å². The lowest BCUT2D eigenvalue weighted by Crippen LogP contribution is -2.41. The molecule has 0 aromatic heterocycles. The lowest BCUT2D eigenvalue weighted by Gasteiger charge is -2.36. The minimum atomic E-state index is -1.68. The van der Waals surface area contributed by atoms with E-state index in [4.69, 9.17) is 9.16 Å². The number of hydrogen-bond acceptors (Lipinski definition) is 3. The average molecular weight is 299 g/mol. The highest BCUT2D eigenvalue weighted by Gasteiger charge is 2.36. The van der Waals surface area contributed by atoms with E-state index >= 15 is 0 Å². The van der Waals surface area contributed by atoms with Crippen LogP contribution in [0.15, 0.2) is 24.6 Å². The van der Waals surface area contributed by atoms with Crippen LogP contribution in [-0.2, 0) is 9.16 Å². The Bertz CT molecular complexity index is 370. The Morgan fingerprint density at radius 2 is 1.80 bits per heavy atom. The van der Waals surface area contributed by atoms with Crippen molar-refractivity contribution in [3.05, 3.63) is 24.6 Å². The molecule has 0 saturated carbocycles. The third-order valence-electron chi connectivity index (χ3n) is 3.44. The van der Waals surface area contributed by atoms with Gasteiger partial charge in [-0.3, -0.25) is 5.32 Å². The summed E-state index contributed by atoms with van der Waals surface area (Å²) in [4.78, 5) is 11.3. The zero-order valence-corrected chi connectivity index (χ0v) is 14.8. The zero-order chi connectivity index (χ0) is 16.0. The predicted octanol–water partition coefficient (Wildman–Crippen LogP) is 4.56. The molecule has 0 aliphatic carbocycles. The standard InChI is InChI=1S/C15H29NO3Si/c1-12(2)19-14(17)16-13(3)10-9-11-18-20(7,8)15(4,5)6/h1,3,9-11H2,2,4-8H3,(H,16,17). The number of carbonyl (C=O) groups excluding carboxylic acids is 1. The molecule has 0 unspecified atom stereocenters. The second-order valence-electron chi connectivity index (χ2n) is 6.53. The average Bonchev–Trinajstić information content (AvgIpc) is 2.21. The van der Waals surface area contributed by atoms with Gasteiger partial charge < -0.3 is 9.16 Å². The maximum absolute atomic E-state index is 11.3. The molecule has 0 aliphatic rings. The minimum absolute atomic E-state index is 0.216. The van der Waals surface area contributed by atoms with Gasteiger partial charge in [0.05, 0.1) is 5.76 Å². The van der Waals surface area contributed by atoms with E-state index in [1.165, 1.54) is 0 Å². The Kier molecular flexibility index (Phi) is 7.23. The first kappa shape index (κ1) is 18.9. The molecule has 0 saturated heterocycles. The van der Waals surface area contributed by atoms with Gasteiger partial charge in [0.15, 0.2) is 8.32 Å². The Balaban J connectivity index is 3.94. The molecule has 0 rings (SSSR count). The van der Waals surface area contributed by atoms with Gasteiger partial charge in [-0.05, 0) is 37.9 Å². The van der Waals surface area contributed by atoms with Crippen molar-refractivity contribution in [3.8, 4) is 0 Å². The molecular formula is C15H29NO3Si. The summed E-state index contributed by atoms with van der Waals surface area (Å²) < 4.78 is 10.8. The van der Waals surface area contributed by atoms with Crippen molar-refractivity contribution >= 4 is 14.4 Å². The Labute approximate surface area is 124 Å². The SMILES string of the molecule is C=C(CCCO[Si](C)(C)C(C)(C)C)NC(=O)OC(=C)C. The Morgan fingerprint density at radius 3 is 2.25 bits per heavy atom. The second-order valence-corrected chi connectivity index (χ2v) is 11.3. The Hall–Kier alpha value is -1.07. The molecule has 0 aromatic rings. The molecule has 116 valence electrons. The van der Waals surface area contributed by atoms with Crippen molar-refractivity contribution in [1.29, 1.82) is 0 Å². The highest BCUT2D eigenvalue weighted by molar-refractivity contribution is 6.74. The van der Waals surface area contributed by atoms with Gasteiger partial charge in [0, 0.05) is 12.3 Å². The summed E-state index contributed by atoms with van der Waals surface area (Å²) in [7, 11) is -1.68. The van der Waals surface area contributed by atoms with E-state index in [9.17, 15) is 4.79 Å². The molecule has 5 heteroatoms. The van der Waals surface area contributed by atoms with Crippen molar-refractivity contribution in [2.75, 3.05) is 6.61 Å². The third-order valence-corrected chi connectivity index (χ3v) is 7.98. The van der Waals surface area contributed by atoms with Crippen LogP contribution in [0.3, 0.4) is 0 Å². The molecule has 4 nitrogen and oxygen atoms in total. The van der Waals surface area contributed by atoms with Crippen molar-refractivity contribution in [2.45, 2.75) is 58.7 Å². The van der Waals surface area contributed by atoms with E-state index in [1.807, 2.05) is 0 Å². The smallest absolute Gasteiger partial charge is 0.416 e. The zero-order valence-electron chi connectivity index (χ0n) is 13.8. The van der Waals surface area contributed by atoms with Crippen LogP contribution in [0.2, 0.25) is 18.1 Å². The van der Waals surface area contributed by atoms with Gasteiger partial charge in [0.1, 0.15) is 0 Å². The molecule has 20 heavy (non-hydrogen) atoms. The number of carbonyl (C=O) groups is 1. The first-order valence-electron chi connectivity index (χ1n) is 6.92. The summed E-state index contributed by atoms with van der Waals surface area (Å²) in [5.41, 5.74) is 0.634. The fourth-order valence-electron chi connectivity index (χ4n) is 1.22. The van der Waals surface area contributed by atoms with Crippen LogP contribution < -0.4 is 5.32 Å². The van der Waals surface area contributed by atoms with Crippen LogP contribution in [0.4, 0.5) is 4.79 Å². The molecule has 0 aromatic carbocycles. The largest absolute Gasteiger partial charge is 0.417 e. The monoisotopic (exact) mass is 299 g/mol. The van der Waals surface area contributed by atoms with E-state index in [0.29, 0.717) is 24.5 Å². The second kappa shape index (κ2) is 7.64. The van der Waals surface area contributed by atoms with Crippen LogP contribution in [0.1, 0.15) is 40.5 Å². The predicted molar refractivity (Wildman–Crippen MR) is 86.0 cm³/mol. The van der Waals surface area contributed by atoms with Gasteiger partial charge >= 0.3 is 6.09 Å². The van der Waals surface area contributed by atoms with Crippen molar-refractivity contribution in [3.63, 3.8) is 0 Å². The van der Waals surface area contributed by atoms with Crippen molar-refractivity contribution in [2.24, 2.45) is 0 Å². The van der Waals surface area contributed by atoms with E-state index < -0.39 is 14.4 Å². The van der Waals surface area contributed by atoms with Gasteiger partial charge in [0.25, 0.3) is 0 Å².